The van der Waals surface area contributed by atoms with Gasteiger partial charge < -0.3 is 34.2 Å². The Morgan fingerprint density at radius 2 is 0.923 bits per heavy atom. The Morgan fingerprint density at radius 1 is 0.635 bits per heavy atom. The third kappa shape index (κ3) is 23.2. The molecule has 52 heavy (non-hydrogen) atoms. The number of nitrogens with zero attached hydrogens (tertiary/aromatic N) is 3. The van der Waals surface area contributed by atoms with Crippen LogP contribution in [0.1, 0.15) is 76.2 Å². The van der Waals surface area contributed by atoms with Gasteiger partial charge >= 0.3 is 18.3 Å². The van der Waals surface area contributed by atoms with Crippen LogP contribution in [-0.2, 0) is 19.0 Å². The first-order valence-corrected chi connectivity index (χ1v) is 24.5. The lowest BCUT2D eigenvalue weighted by atomic mass is 9.96. The normalized spacial score (nSPS) is 16.9. The molecular formula is C38H67N3O9Si2. The predicted octanol–water partition coefficient (Wildman–Crippen LogP) is 5.78. The second kappa shape index (κ2) is 19.5. The van der Waals surface area contributed by atoms with Crippen molar-refractivity contribution in [3.8, 4) is 35.8 Å². The molecule has 0 unspecified atom stereocenters. The molecule has 0 aliphatic carbocycles. The summed E-state index contributed by atoms with van der Waals surface area (Å²) < 4.78 is 15.3. The molecule has 3 aliphatic rings. The highest BCUT2D eigenvalue weighted by Crippen LogP contribution is 2.24. The van der Waals surface area contributed by atoms with Crippen LogP contribution < -0.4 is 0 Å². The number of hydrogen-bond donors (Lipinski definition) is 2. The van der Waals surface area contributed by atoms with Gasteiger partial charge in [-0.1, -0.05) is 65.0 Å². The van der Waals surface area contributed by atoms with Crippen molar-refractivity contribution in [2.75, 3.05) is 39.3 Å². The van der Waals surface area contributed by atoms with Crippen LogP contribution in [0.15, 0.2) is 0 Å². The molecule has 3 heterocycles. The summed E-state index contributed by atoms with van der Waals surface area (Å²) in [5.41, 5.74) is 2.18. The standard InChI is InChI=1S/C13H23NO3Si.C10H15NO3.C8H13NO3.C5H10Si.C2H6/c1-12(2,3)17-11(15)14-9-13(16,10-14)7-8-18(4,5)6;1-5-10(13)6-11(7-10)8(12)14-9(2,3)4;1-8(2,3)12-7(11)9-4-6(10)5-9;1-5-6(2,3)4;1-2/h16H,9-10H2,1-6H3;1,13H,6-7H2,2-4H3;4-5H2,1-3H3;1H,2-4H3;1-2H3. The summed E-state index contributed by atoms with van der Waals surface area (Å²) in [6, 6.07) is 0. The van der Waals surface area contributed by atoms with Crippen LogP contribution in [0.25, 0.3) is 0 Å². The number of carbonyl (C=O) groups excluding carboxylic acids is 4. The molecule has 3 fully saturated rings. The van der Waals surface area contributed by atoms with Gasteiger partial charge in [0.05, 0.1) is 39.3 Å². The molecule has 0 aromatic carbocycles. The molecule has 296 valence electrons. The molecule has 0 bridgehead atoms. The number of ether oxygens (including phenoxy) is 3. The van der Waals surface area contributed by atoms with Crippen LogP contribution in [0.5, 0.6) is 0 Å². The fourth-order valence-corrected chi connectivity index (χ4v) is 4.00. The van der Waals surface area contributed by atoms with E-state index in [0.717, 1.165) is 0 Å². The van der Waals surface area contributed by atoms with Gasteiger partial charge in [-0.2, -0.15) is 0 Å². The first kappa shape index (κ1) is 50.6. The summed E-state index contributed by atoms with van der Waals surface area (Å²) in [6.07, 6.45) is 8.98. The van der Waals surface area contributed by atoms with Gasteiger partial charge in [0.1, 0.15) is 33.0 Å². The number of rotatable bonds is 0. The monoisotopic (exact) mass is 765 g/mol. The van der Waals surface area contributed by atoms with Crippen LogP contribution in [0, 0.1) is 35.8 Å². The third-order valence-electron chi connectivity index (χ3n) is 5.87. The zero-order valence-electron chi connectivity index (χ0n) is 35.0. The lowest BCUT2D eigenvalue weighted by molar-refractivity contribution is -0.128. The highest BCUT2D eigenvalue weighted by molar-refractivity contribution is 6.84. The molecule has 3 aliphatic heterocycles. The molecular weight excluding hydrogens is 699 g/mol. The molecule has 3 saturated heterocycles. The molecule has 2 N–H and O–H groups in total. The van der Waals surface area contributed by atoms with Crippen molar-refractivity contribution < 1.29 is 43.6 Å². The molecule has 0 atom stereocenters. The summed E-state index contributed by atoms with van der Waals surface area (Å²) in [6.45, 7) is 34.2. The van der Waals surface area contributed by atoms with Gasteiger partial charge in [0.2, 0.25) is 0 Å². The van der Waals surface area contributed by atoms with E-state index in [1.54, 1.807) is 41.5 Å². The summed E-state index contributed by atoms with van der Waals surface area (Å²) in [7, 11) is -2.60. The first-order chi connectivity index (χ1) is 23.1. The Labute approximate surface area is 316 Å². The van der Waals surface area contributed by atoms with Gasteiger partial charge in [-0.15, -0.1) is 23.9 Å². The highest BCUT2D eigenvalue weighted by atomic mass is 28.3. The number of terminal acetylenes is 2. The van der Waals surface area contributed by atoms with E-state index in [0.29, 0.717) is 0 Å². The average molecular weight is 766 g/mol. The SMILES string of the molecule is C#CC1(O)CN(C(=O)OC(C)(C)C)C1.C#C[Si](C)(C)C.CC.CC(C)(C)OC(=O)N1CC(=O)C1.CC(C)(C)OC(=O)N1CC(O)(C#C[Si](C)(C)C)C1. The van der Waals surface area contributed by atoms with Crippen molar-refractivity contribution in [2.45, 2.75) is 143 Å². The van der Waals surface area contributed by atoms with Crippen molar-refractivity contribution in [3.05, 3.63) is 0 Å². The van der Waals surface area contributed by atoms with Crippen molar-refractivity contribution in [1.82, 2.24) is 14.7 Å². The predicted molar refractivity (Wildman–Crippen MR) is 212 cm³/mol. The molecule has 0 radical (unpaired) electrons. The first-order valence-electron chi connectivity index (χ1n) is 17.5. The van der Waals surface area contributed by atoms with E-state index >= 15 is 0 Å². The van der Waals surface area contributed by atoms with E-state index in [2.05, 4.69) is 62.2 Å². The van der Waals surface area contributed by atoms with Gasteiger partial charge in [0.25, 0.3) is 0 Å². The maximum atomic E-state index is 11.7. The second-order valence-corrected chi connectivity index (χ2v) is 27.2. The molecule has 3 amide bonds. The maximum absolute atomic E-state index is 11.7. The Bertz CT molecular complexity index is 1350. The number of amides is 3. The van der Waals surface area contributed by atoms with Crippen LogP contribution in [0.3, 0.4) is 0 Å². The quantitative estimate of drug-likeness (QED) is 0.178. The number of hydrogen-bond acceptors (Lipinski definition) is 9. The van der Waals surface area contributed by atoms with Gasteiger partial charge in [-0.25, -0.2) is 14.4 Å². The van der Waals surface area contributed by atoms with Gasteiger partial charge in [0, 0.05) is 0 Å². The highest BCUT2D eigenvalue weighted by Gasteiger charge is 2.45. The lowest BCUT2D eigenvalue weighted by Gasteiger charge is -2.43. The van der Waals surface area contributed by atoms with Crippen LogP contribution in [-0.4, -0.2) is 132 Å². The van der Waals surface area contributed by atoms with Crippen molar-refractivity contribution in [2.24, 2.45) is 0 Å². The average Bonchev–Trinajstić information content (AvgIpc) is 2.89. The fourth-order valence-electron chi connectivity index (χ4n) is 3.39. The van der Waals surface area contributed by atoms with E-state index in [9.17, 15) is 29.4 Å². The molecule has 14 heteroatoms. The minimum absolute atomic E-state index is 0.0841. The van der Waals surface area contributed by atoms with Crippen molar-refractivity contribution in [1.29, 1.82) is 0 Å². The third-order valence-corrected chi connectivity index (χ3v) is 7.61. The van der Waals surface area contributed by atoms with E-state index in [1.165, 1.54) is 14.7 Å². The molecule has 0 spiro atoms. The molecule has 0 saturated carbocycles. The molecule has 0 aromatic heterocycles. The summed E-state index contributed by atoms with van der Waals surface area (Å²) >= 11 is 0. The number of Topliss-reactive ketones (excluding diaryl/α,β-unsaturated/α-hetero) is 1. The zero-order chi connectivity index (χ0) is 41.7. The van der Waals surface area contributed by atoms with E-state index in [-0.39, 0.29) is 51.1 Å². The molecule has 12 nitrogen and oxygen atoms in total. The number of ketones is 1. The number of β-amino-alcohol motifs (C(OH)–C–C–N with tert-alkyl or cyclic N) is 2. The lowest BCUT2D eigenvalue weighted by Crippen LogP contribution is -2.63. The number of carbonyl (C=O) groups is 4. The van der Waals surface area contributed by atoms with Gasteiger partial charge in [-0.05, 0) is 62.3 Å². The van der Waals surface area contributed by atoms with Gasteiger partial charge in [0.15, 0.2) is 17.0 Å². The smallest absolute Gasteiger partial charge is 0.411 e. The Morgan fingerprint density at radius 3 is 1.15 bits per heavy atom. The minimum atomic E-state index is -1.49. The topological polar surface area (TPSA) is 146 Å². The number of aliphatic hydroxyl groups is 2. The largest absolute Gasteiger partial charge is 0.444 e. The van der Waals surface area contributed by atoms with Crippen molar-refractivity contribution >= 4 is 40.2 Å². The Hall–Kier alpha value is -3.49. The Kier molecular flexibility index (Phi) is 19.0. The molecule has 3 rings (SSSR count). The summed E-state index contributed by atoms with van der Waals surface area (Å²) in [5.74, 6) is 5.22. The fraction of sp³-hybridized carbons (Fsp3) is 0.737. The zero-order valence-corrected chi connectivity index (χ0v) is 37.0. The maximum Gasteiger partial charge on any atom is 0.411 e. The van der Waals surface area contributed by atoms with E-state index in [4.69, 9.17) is 27.1 Å². The van der Waals surface area contributed by atoms with E-state index in [1.807, 2.05) is 34.6 Å². The number of likely N-dealkylation sites (tertiary alicyclic amines) is 3. The van der Waals surface area contributed by atoms with Gasteiger partial charge in [-0.3, -0.25) is 9.69 Å². The van der Waals surface area contributed by atoms with Crippen LogP contribution >= 0.6 is 0 Å². The van der Waals surface area contributed by atoms with Crippen LogP contribution in [0.2, 0.25) is 39.3 Å². The van der Waals surface area contributed by atoms with E-state index < -0.39 is 56.3 Å². The van der Waals surface area contributed by atoms with Crippen molar-refractivity contribution in [3.63, 3.8) is 0 Å². The molecule has 0 aromatic rings. The summed E-state index contributed by atoms with van der Waals surface area (Å²) in [4.78, 5) is 49.0. The van der Waals surface area contributed by atoms with Crippen LogP contribution in [0.4, 0.5) is 14.4 Å². The Balaban J connectivity index is 0. The summed E-state index contributed by atoms with van der Waals surface area (Å²) in [5, 5.41) is 19.5. The second-order valence-electron chi connectivity index (χ2n) is 17.6. The minimum Gasteiger partial charge on any atom is -0.444 e.